The molecule has 0 aliphatic carbocycles. The molecule has 0 aliphatic heterocycles. The highest BCUT2D eigenvalue weighted by Gasteiger charge is 2.41. The van der Waals surface area contributed by atoms with Gasteiger partial charge in [0.2, 0.25) is 0 Å². The van der Waals surface area contributed by atoms with Crippen LogP contribution in [0.2, 0.25) is 0 Å². The largest absolute Gasteiger partial charge is 0.309 e. The molecular formula is C63H42N4SSi. The molecule has 0 unspecified atom stereocenters. The Morgan fingerprint density at radius 3 is 1.58 bits per heavy atom. The van der Waals surface area contributed by atoms with E-state index >= 15 is 0 Å². The minimum absolute atomic E-state index is 0.0431. The Morgan fingerprint density at radius 1 is 0.377 bits per heavy atom. The first-order valence-electron chi connectivity index (χ1n) is 33.0. The molecule has 324 valence electrons. The number of hydrogen-bond acceptors (Lipinski definition) is 4. The van der Waals surface area contributed by atoms with Crippen molar-refractivity contribution in [1.82, 2.24) is 19.5 Å². The molecule has 0 fully saturated rings. The third kappa shape index (κ3) is 6.91. The SMILES string of the molecule is [2H]c1c([2H])c([2H])c(-c2c([2H])c([2H])c3sc4c([2H])c([2H])c([2H])c([2H])c4c3c2[2H])c(-c2nc(-c3cccc([Si](c4ccccc4)(c4ccccc4)c4ccccc4)c3)nc(-c3c([2H])c([2H])c([2H])c(-n4c5c([2H])c([2H])c([2H])c([2H])c5c5c([2H])c([2H])c([2H])c([2H])c54)c3[2H])n2)c1[2H]. The summed E-state index contributed by atoms with van der Waals surface area (Å²) in [4.78, 5) is 14.7. The highest BCUT2D eigenvalue weighted by Crippen LogP contribution is 2.39. The lowest BCUT2D eigenvalue weighted by Gasteiger charge is -2.34. The molecule has 0 aliphatic rings. The van der Waals surface area contributed by atoms with Gasteiger partial charge in [-0.15, -0.1) is 11.3 Å². The lowest BCUT2D eigenvalue weighted by atomic mass is 9.97. The molecule has 10 aromatic carbocycles. The van der Waals surface area contributed by atoms with Crippen LogP contribution in [0, 0.1) is 0 Å². The molecule has 3 heterocycles. The zero-order chi connectivity index (χ0) is 65.7. The molecule has 0 saturated heterocycles. The number of thiophene rings is 1. The maximum absolute atomic E-state index is 10.2. The van der Waals surface area contributed by atoms with Gasteiger partial charge < -0.3 is 4.57 Å². The van der Waals surface area contributed by atoms with Crippen LogP contribution < -0.4 is 20.7 Å². The minimum atomic E-state index is -3.41. The van der Waals surface area contributed by atoms with Crippen LogP contribution in [0.3, 0.4) is 0 Å². The third-order valence-corrected chi connectivity index (χ3v) is 17.7. The van der Waals surface area contributed by atoms with Crippen molar-refractivity contribution in [2.45, 2.75) is 0 Å². The highest BCUT2D eigenvalue weighted by atomic mass is 32.1. The Bertz CT molecular complexity index is 5230. The number of fused-ring (bicyclic) bond motifs is 6. The van der Waals surface area contributed by atoms with Crippen LogP contribution in [0.25, 0.3) is 93.0 Å². The molecule has 0 saturated carbocycles. The summed E-state index contributed by atoms with van der Waals surface area (Å²) < 4.78 is 212. The summed E-state index contributed by atoms with van der Waals surface area (Å²) in [6.07, 6.45) is 0. The van der Waals surface area contributed by atoms with E-state index in [1.807, 2.05) is 103 Å². The van der Waals surface area contributed by atoms with Crippen LogP contribution in [-0.2, 0) is 0 Å². The maximum Gasteiger partial charge on any atom is 0.179 e. The van der Waals surface area contributed by atoms with Crippen LogP contribution in [0.1, 0.15) is 31.5 Å². The number of aromatic nitrogens is 4. The van der Waals surface area contributed by atoms with Gasteiger partial charge in [-0.05, 0) is 74.2 Å². The first-order valence-corrected chi connectivity index (χ1v) is 24.3. The van der Waals surface area contributed by atoms with E-state index in [2.05, 4.69) is 0 Å². The van der Waals surface area contributed by atoms with E-state index in [1.54, 1.807) is 12.1 Å². The fraction of sp³-hybridized carbons (Fsp3) is 0. The molecule has 69 heavy (non-hydrogen) atoms. The average Bonchev–Trinajstić information content (AvgIpc) is 1.52. The van der Waals surface area contributed by atoms with Gasteiger partial charge in [0, 0.05) is 53.3 Å². The summed E-state index contributed by atoms with van der Waals surface area (Å²) >= 11 is 0.746. The number of hydrogen-bond donors (Lipinski definition) is 0. The van der Waals surface area contributed by atoms with Crippen LogP contribution >= 0.6 is 11.3 Å². The fourth-order valence-corrected chi connectivity index (χ4v) is 14.7. The van der Waals surface area contributed by atoms with Crippen molar-refractivity contribution in [2.75, 3.05) is 0 Å². The lowest BCUT2D eigenvalue weighted by Crippen LogP contribution is -2.74. The number of rotatable bonds is 9. The monoisotopic (exact) mass is 937 g/mol. The topological polar surface area (TPSA) is 43.6 Å². The average molecular weight is 938 g/mol. The van der Waals surface area contributed by atoms with E-state index in [1.165, 1.54) is 0 Å². The number of nitrogens with zero attached hydrogens (tertiary/aromatic N) is 4. The zero-order valence-electron chi connectivity index (χ0n) is 58.7. The molecule has 13 rings (SSSR count). The van der Waals surface area contributed by atoms with E-state index in [-0.39, 0.29) is 31.6 Å². The summed E-state index contributed by atoms with van der Waals surface area (Å²) in [6, 6.07) is 19.0. The summed E-state index contributed by atoms with van der Waals surface area (Å²) in [5.74, 6) is -1.62. The molecule has 0 amide bonds. The highest BCUT2D eigenvalue weighted by molar-refractivity contribution is 7.25. The third-order valence-electron chi connectivity index (χ3n) is 11.9. The maximum atomic E-state index is 10.2. The fourth-order valence-electron chi connectivity index (χ4n) is 8.98. The predicted molar refractivity (Wildman–Crippen MR) is 292 cm³/mol. The van der Waals surface area contributed by atoms with E-state index in [4.69, 9.17) is 31.4 Å². The first-order chi connectivity index (χ1) is 43.8. The summed E-state index contributed by atoms with van der Waals surface area (Å²) in [7, 11) is -3.41. The van der Waals surface area contributed by atoms with E-state index in [0.29, 0.717) is 0 Å². The molecule has 13 aromatic rings. The van der Waals surface area contributed by atoms with Gasteiger partial charge in [0.1, 0.15) is 0 Å². The van der Waals surface area contributed by atoms with Crippen LogP contribution in [0.4, 0.5) is 0 Å². The van der Waals surface area contributed by atoms with Gasteiger partial charge in [0.05, 0.1) is 42.6 Å². The summed E-state index contributed by atoms with van der Waals surface area (Å²) in [5.41, 5.74) is -4.04. The second kappa shape index (κ2) is 17.0. The second-order valence-corrected chi connectivity index (χ2v) is 20.6. The minimum Gasteiger partial charge on any atom is -0.309 e. The second-order valence-electron chi connectivity index (χ2n) is 15.8. The van der Waals surface area contributed by atoms with Crippen molar-refractivity contribution in [3.05, 3.63) is 254 Å². The zero-order valence-corrected chi connectivity index (χ0v) is 37.5. The van der Waals surface area contributed by atoms with Crippen LogP contribution in [-0.4, -0.2) is 27.6 Å². The van der Waals surface area contributed by atoms with Gasteiger partial charge in [-0.2, -0.15) is 0 Å². The van der Waals surface area contributed by atoms with Crippen molar-refractivity contribution in [1.29, 1.82) is 0 Å². The Hall–Kier alpha value is -8.55. The van der Waals surface area contributed by atoms with Gasteiger partial charge >= 0.3 is 0 Å². The van der Waals surface area contributed by atoms with Crippen molar-refractivity contribution in [2.24, 2.45) is 0 Å². The van der Waals surface area contributed by atoms with Crippen molar-refractivity contribution < 1.29 is 31.5 Å². The first kappa shape index (κ1) is 23.4. The Labute approximate surface area is 437 Å². The molecule has 6 heteroatoms. The van der Waals surface area contributed by atoms with Gasteiger partial charge in [-0.25, -0.2) is 15.0 Å². The standard InChI is InChI=1S/C63H42N4SSi/c1-4-23-47(24-5-1)69(48-25-6-2-7-26-48,49-27-8-3-9-28-49)50-29-19-21-45(41-50)62-64-61(44-20-18-22-46(40-44)67-57-35-15-12-31-52(57)53-32-13-16-36-58(53)67)65-63(66-62)55-34-11-10-30-51(55)43-38-39-60-56(42-43)54-33-14-17-37-59(54)68-60/h1-42H/i10D,11D,12D,13D,14D,15D,16D,17D,18D,20D,22D,30D,31D,32D,33D,34D,35D,36D,37D,38D,39D,40D,42D. The number of benzene rings is 10. The van der Waals surface area contributed by atoms with Crippen molar-refractivity contribution in [3.8, 4) is 51.0 Å². The molecular weight excluding hydrogens is 873 g/mol. The Kier molecular flexibility index (Phi) is 5.76. The quantitative estimate of drug-likeness (QED) is 0.107. The van der Waals surface area contributed by atoms with Gasteiger partial charge in [0.15, 0.2) is 25.5 Å². The molecule has 0 N–H and O–H groups in total. The molecule has 0 atom stereocenters. The summed E-state index contributed by atoms with van der Waals surface area (Å²) in [6.45, 7) is 0. The van der Waals surface area contributed by atoms with Crippen LogP contribution in [0.5, 0.6) is 0 Å². The van der Waals surface area contributed by atoms with Crippen molar-refractivity contribution in [3.63, 3.8) is 0 Å². The van der Waals surface area contributed by atoms with E-state index in [0.717, 1.165) is 36.7 Å². The molecule has 0 radical (unpaired) electrons. The molecule has 0 bridgehead atoms. The van der Waals surface area contributed by atoms with Gasteiger partial charge in [-0.1, -0.05) is 212 Å². The van der Waals surface area contributed by atoms with Crippen LogP contribution in [0.15, 0.2) is 254 Å². The lowest BCUT2D eigenvalue weighted by molar-refractivity contribution is 1.07. The smallest absolute Gasteiger partial charge is 0.179 e. The van der Waals surface area contributed by atoms with E-state index in [9.17, 15) is 15.1 Å². The normalized spacial score (nSPS) is 16.4. The molecule has 0 spiro atoms. The summed E-state index contributed by atoms with van der Waals surface area (Å²) in [5, 5.41) is 2.41. The van der Waals surface area contributed by atoms with Crippen molar-refractivity contribution >= 4 is 82.1 Å². The Balaban J connectivity index is 1.19. The Morgan fingerprint density at radius 2 is 0.913 bits per heavy atom. The number of para-hydroxylation sites is 2. The van der Waals surface area contributed by atoms with Gasteiger partial charge in [-0.3, -0.25) is 0 Å². The van der Waals surface area contributed by atoms with E-state index < -0.39 is 208 Å². The predicted octanol–water partition coefficient (Wildman–Crippen LogP) is 13.4. The molecule has 3 aromatic heterocycles. The van der Waals surface area contributed by atoms with Gasteiger partial charge in [0.25, 0.3) is 0 Å². The molecule has 4 nitrogen and oxygen atoms in total.